The number of benzene rings is 14. The van der Waals surface area contributed by atoms with E-state index >= 15 is 0 Å². The van der Waals surface area contributed by atoms with Gasteiger partial charge in [-0.1, -0.05) is 164 Å². The first kappa shape index (κ1) is 53.0. The van der Waals surface area contributed by atoms with Crippen LogP contribution >= 0.6 is 0 Å². The van der Waals surface area contributed by atoms with Crippen molar-refractivity contribution < 1.29 is 0 Å². The molecule has 14 aromatic carbocycles. The first-order chi connectivity index (χ1) is 46.5. The van der Waals surface area contributed by atoms with E-state index in [2.05, 4.69) is 322 Å². The van der Waals surface area contributed by atoms with Gasteiger partial charge in [-0.2, -0.15) is 5.26 Å². The second-order valence-electron chi connectivity index (χ2n) is 24.5. The molecular formula is C87H53N7. The highest BCUT2D eigenvalue weighted by molar-refractivity contribution is 6.15. The average molecular weight is 1200 g/mol. The highest BCUT2D eigenvalue weighted by Crippen LogP contribution is 2.42. The normalized spacial score (nSPS) is 11.8. The molecule has 0 N–H and O–H groups in total. The van der Waals surface area contributed by atoms with Gasteiger partial charge in [0.2, 0.25) is 0 Å². The van der Waals surface area contributed by atoms with E-state index in [1.54, 1.807) is 0 Å². The minimum absolute atomic E-state index is 0.593. The van der Waals surface area contributed by atoms with Crippen LogP contribution < -0.4 is 0 Å². The summed E-state index contributed by atoms with van der Waals surface area (Å²) >= 11 is 0. The second kappa shape index (κ2) is 21.1. The van der Waals surface area contributed by atoms with Crippen molar-refractivity contribution in [2.24, 2.45) is 0 Å². The van der Waals surface area contributed by atoms with E-state index in [0.29, 0.717) is 11.4 Å². The molecule has 436 valence electrons. The summed E-state index contributed by atoms with van der Waals surface area (Å²) in [6.45, 7) is 0. The van der Waals surface area contributed by atoms with Crippen molar-refractivity contribution in [1.29, 1.82) is 5.26 Å². The van der Waals surface area contributed by atoms with Crippen LogP contribution in [-0.4, -0.2) is 28.2 Å². The number of para-hydroxylation sites is 6. The number of nitrogens with zero attached hydrogens (tertiary/aromatic N) is 7. The Labute approximate surface area is 540 Å². The maximum Gasteiger partial charge on any atom is 0.160 e. The first-order valence-corrected chi connectivity index (χ1v) is 31.8. The van der Waals surface area contributed by atoms with Crippen LogP contribution in [0, 0.1) is 11.3 Å². The maximum atomic E-state index is 9.77. The van der Waals surface area contributed by atoms with Crippen molar-refractivity contribution in [2.45, 2.75) is 0 Å². The van der Waals surface area contributed by atoms with Crippen LogP contribution in [0.5, 0.6) is 0 Å². The molecule has 0 saturated carbocycles. The Morgan fingerprint density at radius 2 is 0.553 bits per heavy atom. The van der Waals surface area contributed by atoms with Crippen LogP contribution in [-0.2, 0) is 0 Å². The Morgan fingerprint density at radius 1 is 0.223 bits per heavy atom. The highest BCUT2D eigenvalue weighted by atomic mass is 15.0. The smallest absolute Gasteiger partial charge is 0.160 e. The predicted molar refractivity (Wildman–Crippen MR) is 389 cm³/mol. The fourth-order valence-electron chi connectivity index (χ4n) is 14.8. The molecule has 0 unspecified atom stereocenters. The van der Waals surface area contributed by atoms with Crippen LogP contribution in [0.2, 0.25) is 0 Å². The number of hydrogen-bond donors (Lipinski definition) is 0. The maximum absolute atomic E-state index is 9.77. The van der Waals surface area contributed by atoms with Gasteiger partial charge in [0.25, 0.3) is 0 Å². The van der Waals surface area contributed by atoms with Crippen molar-refractivity contribution >= 4 is 98.0 Å². The van der Waals surface area contributed by atoms with Gasteiger partial charge in [0, 0.05) is 82.5 Å². The molecule has 0 saturated heterocycles. The van der Waals surface area contributed by atoms with Crippen LogP contribution in [0.1, 0.15) is 5.56 Å². The van der Waals surface area contributed by atoms with Gasteiger partial charge < -0.3 is 18.3 Å². The van der Waals surface area contributed by atoms with Gasteiger partial charge in [0.1, 0.15) is 0 Å². The quantitative estimate of drug-likeness (QED) is 0.145. The fraction of sp³-hybridized carbons (Fsp3) is 0. The molecule has 0 spiro atoms. The zero-order chi connectivity index (χ0) is 62.0. The summed E-state index contributed by atoms with van der Waals surface area (Å²) < 4.78 is 9.50. The third-order valence-electron chi connectivity index (χ3n) is 19.2. The summed E-state index contributed by atoms with van der Waals surface area (Å²) in [5.41, 5.74) is 23.3. The number of nitriles is 1. The summed E-state index contributed by atoms with van der Waals surface area (Å²) in [5.74, 6) is 0.608. The Balaban J connectivity index is 0.678. The van der Waals surface area contributed by atoms with E-state index in [1.807, 2.05) is 24.3 Å². The Bertz CT molecular complexity index is 6340. The van der Waals surface area contributed by atoms with Gasteiger partial charge in [-0.05, 0) is 191 Å². The van der Waals surface area contributed by atoms with E-state index in [-0.39, 0.29) is 0 Å². The minimum atomic E-state index is 0.593. The van der Waals surface area contributed by atoms with Crippen molar-refractivity contribution in [3.63, 3.8) is 0 Å². The molecule has 5 aromatic heterocycles. The number of aromatic nitrogens is 6. The lowest BCUT2D eigenvalue weighted by molar-refractivity contribution is 1.16. The first-order valence-electron chi connectivity index (χ1n) is 31.8. The SMILES string of the molecule is N#Cc1ccc(-c2cc(-c3ccc4ccc(-n5c6ccccc6c6cc(-c7ccc8c(c7)c7ccccc7n8-c7ccccc7)ccc65)cc4c3)nc(-c3ccc(-n4c5ccccc5c5cc(-c6ccc7c(c6)c6ccccc6n7-c6ccccc6)ccc54)cc3)n2)cc1. The van der Waals surface area contributed by atoms with Crippen molar-refractivity contribution in [3.05, 3.63) is 327 Å². The number of fused-ring (bicyclic) bond motifs is 13. The summed E-state index contributed by atoms with van der Waals surface area (Å²) in [6.07, 6.45) is 0. The van der Waals surface area contributed by atoms with E-state index < -0.39 is 0 Å². The molecule has 0 aliphatic rings. The molecule has 7 nitrogen and oxygen atoms in total. The largest absolute Gasteiger partial charge is 0.309 e. The van der Waals surface area contributed by atoms with Crippen LogP contribution in [0.3, 0.4) is 0 Å². The van der Waals surface area contributed by atoms with Gasteiger partial charge in [-0.15, -0.1) is 0 Å². The zero-order valence-electron chi connectivity index (χ0n) is 50.7. The van der Waals surface area contributed by atoms with E-state index in [1.165, 1.54) is 87.4 Å². The molecule has 0 atom stereocenters. The van der Waals surface area contributed by atoms with E-state index in [9.17, 15) is 5.26 Å². The summed E-state index contributed by atoms with van der Waals surface area (Å²) in [5, 5.41) is 21.7. The highest BCUT2D eigenvalue weighted by Gasteiger charge is 2.21. The van der Waals surface area contributed by atoms with Crippen LogP contribution in [0.25, 0.3) is 177 Å². The summed E-state index contributed by atoms with van der Waals surface area (Å²) in [6, 6.07) is 118. The second-order valence-corrected chi connectivity index (χ2v) is 24.5. The van der Waals surface area contributed by atoms with Gasteiger partial charge in [0.15, 0.2) is 5.82 Å². The van der Waals surface area contributed by atoms with Crippen LogP contribution in [0.15, 0.2) is 322 Å². The Hall–Kier alpha value is -12.9. The number of hydrogen-bond acceptors (Lipinski definition) is 3. The molecule has 0 fully saturated rings. The van der Waals surface area contributed by atoms with Crippen molar-refractivity contribution in [2.75, 3.05) is 0 Å². The lowest BCUT2D eigenvalue weighted by atomic mass is 10.0. The molecule has 0 aliphatic heterocycles. The Kier molecular flexibility index (Phi) is 11.9. The Morgan fingerprint density at radius 3 is 0.989 bits per heavy atom. The molecule has 0 radical (unpaired) electrons. The average Bonchev–Trinajstić information content (AvgIpc) is 1.59. The molecule has 0 amide bonds. The van der Waals surface area contributed by atoms with Crippen molar-refractivity contribution in [1.82, 2.24) is 28.2 Å². The fourth-order valence-corrected chi connectivity index (χ4v) is 14.8. The summed E-state index contributed by atoms with van der Waals surface area (Å²) in [7, 11) is 0. The van der Waals surface area contributed by atoms with E-state index in [0.717, 1.165) is 83.7 Å². The van der Waals surface area contributed by atoms with Gasteiger partial charge in [0.05, 0.1) is 67.2 Å². The zero-order valence-corrected chi connectivity index (χ0v) is 50.7. The molecule has 7 heteroatoms. The molecule has 0 aliphatic carbocycles. The van der Waals surface area contributed by atoms with Gasteiger partial charge in [-0.3, -0.25) is 0 Å². The van der Waals surface area contributed by atoms with Crippen LogP contribution in [0.4, 0.5) is 0 Å². The molecule has 5 heterocycles. The molecule has 19 aromatic rings. The van der Waals surface area contributed by atoms with Gasteiger partial charge in [-0.25, -0.2) is 9.97 Å². The molecule has 94 heavy (non-hydrogen) atoms. The molecule has 19 rings (SSSR count). The third kappa shape index (κ3) is 8.44. The number of rotatable bonds is 9. The van der Waals surface area contributed by atoms with E-state index in [4.69, 9.17) is 9.97 Å². The predicted octanol–water partition coefficient (Wildman–Crippen LogP) is 22.2. The summed E-state index contributed by atoms with van der Waals surface area (Å²) in [4.78, 5) is 10.6. The minimum Gasteiger partial charge on any atom is -0.309 e. The van der Waals surface area contributed by atoms with Crippen molar-refractivity contribution in [3.8, 4) is 85.0 Å². The lowest BCUT2D eigenvalue weighted by Crippen LogP contribution is -1.98. The lowest BCUT2D eigenvalue weighted by Gasteiger charge is -2.13. The molecular weight excluding hydrogens is 1140 g/mol. The molecule has 0 bridgehead atoms. The third-order valence-corrected chi connectivity index (χ3v) is 19.2. The monoisotopic (exact) mass is 1200 g/mol. The van der Waals surface area contributed by atoms with Gasteiger partial charge >= 0.3 is 0 Å². The standard InChI is InChI=1S/C87H53N7/c88-54-55-27-29-57(30-28-55)77-53-78(90-87(89-77)58-34-40-67(41-35-58)93-81-25-13-9-21-71(81)75-51-61(38-45-85(75)93)59-36-43-83-73(49-59)69-19-7-11-23-79(69)91(83)65-15-3-1-4-16-65)63-32-31-56-33-42-68(48-64(56)47-63)94-82-26-14-10-22-72(82)76-52-62(39-46-86(76)94)60-37-44-84-74(50-60)70-20-8-12-24-80(70)92(84)66-17-5-2-6-18-66/h1-53H. The topological polar surface area (TPSA) is 69.3 Å².